The minimum atomic E-state index is -0.681. The first-order valence-electron chi connectivity index (χ1n) is 11.8. The van der Waals surface area contributed by atoms with Crippen LogP contribution in [0.25, 0.3) is 0 Å². The number of morpholine rings is 1. The summed E-state index contributed by atoms with van der Waals surface area (Å²) < 4.78 is 11.5. The molecule has 4 rings (SSSR count). The zero-order valence-electron chi connectivity index (χ0n) is 20.9. The summed E-state index contributed by atoms with van der Waals surface area (Å²) >= 11 is 1.55. The molecule has 3 heterocycles. The van der Waals surface area contributed by atoms with Crippen LogP contribution in [0.3, 0.4) is 0 Å². The summed E-state index contributed by atoms with van der Waals surface area (Å²) in [5, 5.41) is 3.98. The van der Waals surface area contributed by atoms with Gasteiger partial charge in [0.25, 0.3) is 0 Å². The number of thiazole rings is 1. The number of nitrogens with zero attached hydrogens (tertiary/aromatic N) is 4. The predicted molar refractivity (Wildman–Crippen MR) is 140 cm³/mol. The summed E-state index contributed by atoms with van der Waals surface area (Å²) in [6.45, 7) is 8.40. The summed E-state index contributed by atoms with van der Waals surface area (Å²) in [5.41, 5.74) is 0.639. The number of pyridine rings is 1. The molecule has 36 heavy (non-hydrogen) atoms. The molecule has 9 nitrogen and oxygen atoms in total. The minimum absolute atomic E-state index is 0.135. The van der Waals surface area contributed by atoms with E-state index in [1.165, 1.54) is 4.90 Å². The Hall–Kier alpha value is -3.50. The second kappa shape index (κ2) is 11.0. The van der Waals surface area contributed by atoms with Crippen molar-refractivity contribution in [3.05, 3.63) is 65.3 Å². The largest absolute Gasteiger partial charge is 0.443 e. The molecule has 0 spiro atoms. The summed E-state index contributed by atoms with van der Waals surface area (Å²) in [7, 11) is 0. The maximum absolute atomic E-state index is 13.3. The maximum Gasteiger partial charge on any atom is 0.415 e. The number of hydrogen-bond donors (Lipinski definition) is 1. The average Bonchev–Trinajstić information content (AvgIpc) is 3.26. The van der Waals surface area contributed by atoms with Gasteiger partial charge in [0.2, 0.25) is 5.91 Å². The molecule has 0 radical (unpaired) electrons. The van der Waals surface area contributed by atoms with Gasteiger partial charge in [0.1, 0.15) is 24.1 Å². The van der Waals surface area contributed by atoms with E-state index in [-0.39, 0.29) is 18.6 Å². The van der Waals surface area contributed by atoms with Crippen LogP contribution >= 0.6 is 11.3 Å². The van der Waals surface area contributed by atoms with Crippen LogP contribution in [0.4, 0.5) is 21.4 Å². The van der Waals surface area contributed by atoms with Crippen LogP contribution in [0.5, 0.6) is 0 Å². The quantitative estimate of drug-likeness (QED) is 0.503. The fraction of sp³-hybridized carbons (Fsp3) is 0.385. The van der Waals surface area contributed by atoms with Gasteiger partial charge in [-0.2, -0.15) is 0 Å². The highest BCUT2D eigenvalue weighted by Crippen LogP contribution is 2.25. The van der Waals surface area contributed by atoms with Crippen molar-refractivity contribution in [3.8, 4) is 0 Å². The Morgan fingerprint density at radius 3 is 2.67 bits per heavy atom. The number of aromatic nitrogens is 2. The third-order valence-electron chi connectivity index (χ3n) is 5.35. The molecule has 1 aromatic carbocycles. The molecular formula is C26H31N5O4S. The van der Waals surface area contributed by atoms with Crippen molar-refractivity contribution >= 4 is 40.0 Å². The second-order valence-electron chi connectivity index (χ2n) is 9.45. The zero-order valence-corrected chi connectivity index (χ0v) is 21.7. The SMILES string of the molecule is Cc1cnc(Nc2cccc(C3CN(C(=O)CN(C(=O)OC(C)(C)C)c4ccccc4)CCO3)n2)s1. The van der Waals surface area contributed by atoms with E-state index < -0.39 is 11.7 Å². The molecule has 0 aliphatic carbocycles. The Labute approximate surface area is 215 Å². The Morgan fingerprint density at radius 1 is 1.19 bits per heavy atom. The number of carbonyl (C=O) groups is 2. The molecule has 1 unspecified atom stereocenters. The summed E-state index contributed by atoms with van der Waals surface area (Å²) in [6.07, 6.45) is 0.861. The van der Waals surface area contributed by atoms with Gasteiger partial charge in [-0.05, 0) is 52.0 Å². The van der Waals surface area contributed by atoms with Gasteiger partial charge in [-0.3, -0.25) is 9.69 Å². The number of nitrogens with one attached hydrogen (secondary N) is 1. The molecule has 1 aliphatic heterocycles. The summed E-state index contributed by atoms with van der Waals surface area (Å²) in [6, 6.07) is 14.7. The lowest BCUT2D eigenvalue weighted by atomic mass is 10.1. The van der Waals surface area contributed by atoms with Crippen LogP contribution in [0, 0.1) is 6.92 Å². The lowest BCUT2D eigenvalue weighted by Gasteiger charge is -2.34. The molecular weight excluding hydrogens is 478 g/mol. The second-order valence-corrected chi connectivity index (χ2v) is 10.7. The van der Waals surface area contributed by atoms with Crippen LogP contribution in [-0.2, 0) is 14.3 Å². The predicted octanol–water partition coefficient (Wildman–Crippen LogP) is 4.93. The maximum atomic E-state index is 13.3. The Bertz CT molecular complexity index is 1190. The fourth-order valence-corrected chi connectivity index (χ4v) is 4.37. The molecule has 10 heteroatoms. The number of hydrogen-bond acceptors (Lipinski definition) is 8. The van der Waals surface area contributed by atoms with Crippen molar-refractivity contribution in [3.63, 3.8) is 0 Å². The van der Waals surface area contributed by atoms with Gasteiger partial charge < -0.3 is 19.7 Å². The lowest BCUT2D eigenvalue weighted by molar-refractivity contribution is -0.137. The van der Waals surface area contributed by atoms with E-state index in [9.17, 15) is 9.59 Å². The van der Waals surface area contributed by atoms with Gasteiger partial charge in [0.05, 0.1) is 18.8 Å². The van der Waals surface area contributed by atoms with Crippen LogP contribution < -0.4 is 10.2 Å². The average molecular weight is 510 g/mol. The van der Waals surface area contributed by atoms with Gasteiger partial charge in [-0.15, -0.1) is 11.3 Å². The van der Waals surface area contributed by atoms with Crippen molar-refractivity contribution in [1.29, 1.82) is 0 Å². The Kier molecular flexibility index (Phi) is 7.85. The molecule has 0 bridgehead atoms. The lowest BCUT2D eigenvalue weighted by Crippen LogP contribution is -2.49. The van der Waals surface area contributed by atoms with Crippen LogP contribution in [0.15, 0.2) is 54.7 Å². The van der Waals surface area contributed by atoms with Gasteiger partial charge in [0.15, 0.2) is 5.13 Å². The first-order chi connectivity index (χ1) is 17.2. The third-order valence-corrected chi connectivity index (χ3v) is 6.18. The van der Waals surface area contributed by atoms with Gasteiger partial charge in [-0.25, -0.2) is 14.8 Å². The summed E-state index contributed by atoms with van der Waals surface area (Å²) in [5.74, 6) is 0.472. The standard InChI is InChI=1S/C26H31N5O4S/c1-18-15-27-24(36-18)29-22-12-8-11-20(28-22)21-16-30(13-14-34-21)23(32)17-31(19-9-6-5-7-10-19)25(33)35-26(2,3)4/h5-12,15,21H,13-14,16-17H2,1-4H3,(H,27,28,29). The zero-order chi connectivity index (χ0) is 25.7. The molecule has 2 amide bonds. The number of ether oxygens (including phenoxy) is 2. The first-order valence-corrected chi connectivity index (χ1v) is 12.6. The van der Waals surface area contributed by atoms with E-state index in [2.05, 4.69) is 15.3 Å². The fourth-order valence-electron chi connectivity index (χ4n) is 3.70. The van der Waals surface area contributed by atoms with E-state index >= 15 is 0 Å². The van der Waals surface area contributed by atoms with E-state index in [0.29, 0.717) is 31.2 Å². The van der Waals surface area contributed by atoms with Crippen molar-refractivity contribution < 1.29 is 19.1 Å². The highest BCUT2D eigenvalue weighted by atomic mass is 32.1. The number of rotatable bonds is 6. The monoisotopic (exact) mass is 509 g/mol. The normalized spacial score (nSPS) is 15.9. The van der Waals surface area contributed by atoms with Gasteiger partial charge >= 0.3 is 6.09 Å². The number of benzene rings is 1. The third kappa shape index (κ3) is 6.79. The van der Waals surface area contributed by atoms with E-state index in [1.54, 1.807) is 55.3 Å². The molecule has 3 aromatic rings. The molecule has 1 aliphatic rings. The number of carbonyl (C=O) groups excluding carboxylic acids is 2. The highest BCUT2D eigenvalue weighted by Gasteiger charge is 2.31. The highest BCUT2D eigenvalue weighted by molar-refractivity contribution is 7.15. The van der Waals surface area contributed by atoms with Crippen molar-refractivity contribution in [2.75, 3.05) is 36.5 Å². The molecule has 1 fully saturated rings. The van der Waals surface area contributed by atoms with Gasteiger partial charge in [0, 0.05) is 23.3 Å². The Balaban J connectivity index is 1.45. The number of para-hydroxylation sites is 1. The summed E-state index contributed by atoms with van der Waals surface area (Å²) in [4.78, 5) is 39.4. The van der Waals surface area contributed by atoms with Gasteiger partial charge in [-0.1, -0.05) is 24.3 Å². The van der Waals surface area contributed by atoms with Crippen LogP contribution in [-0.4, -0.2) is 58.7 Å². The van der Waals surface area contributed by atoms with E-state index in [1.807, 2.05) is 43.3 Å². The topological polar surface area (TPSA) is 96.9 Å². The molecule has 190 valence electrons. The molecule has 1 saturated heterocycles. The minimum Gasteiger partial charge on any atom is -0.443 e. The smallest absolute Gasteiger partial charge is 0.415 e. The van der Waals surface area contributed by atoms with E-state index in [0.717, 1.165) is 15.7 Å². The Morgan fingerprint density at radius 2 is 1.97 bits per heavy atom. The van der Waals surface area contributed by atoms with E-state index in [4.69, 9.17) is 9.47 Å². The first kappa shape index (κ1) is 25.6. The molecule has 1 N–H and O–H groups in total. The molecule has 2 aromatic heterocycles. The van der Waals surface area contributed by atoms with Crippen molar-refractivity contribution in [2.45, 2.75) is 39.4 Å². The van der Waals surface area contributed by atoms with Crippen LogP contribution in [0.2, 0.25) is 0 Å². The van der Waals surface area contributed by atoms with Crippen molar-refractivity contribution in [2.24, 2.45) is 0 Å². The molecule has 0 saturated carbocycles. The number of anilines is 3. The van der Waals surface area contributed by atoms with Crippen LogP contribution in [0.1, 0.15) is 37.4 Å². The number of amides is 2. The van der Waals surface area contributed by atoms with Crippen molar-refractivity contribution in [1.82, 2.24) is 14.9 Å². The molecule has 1 atom stereocenters. The number of aryl methyl sites for hydroxylation is 1.